The zero-order valence-corrected chi connectivity index (χ0v) is 20.0. The second-order valence-corrected chi connectivity index (χ2v) is 9.06. The Morgan fingerprint density at radius 2 is 1.71 bits per heavy atom. The van der Waals surface area contributed by atoms with E-state index in [-0.39, 0.29) is 11.3 Å². The van der Waals surface area contributed by atoms with Gasteiger partial charge in [0.1, 0.15) is 17.3 Å². The van der Waals surface area contributed by atoms with Crippen LogP contribution in [0.4, 0.5) is 5.69 Å². The van der Waals surface area contributed by atoms with Crippen LogP contribution in [0.2, 0.25) is 0 Å². The average molecular weight is 470 g/mol. The summed E-state index contributed by atoms with van der Waals surface area (Å²) in [5.74, 6) is -0.124. The molecule has 1 fully saturated rings. The van der Waals surface area contributed by atoms with E-state index in [0.717, 1.165) is 35.3 Å². The van der Waals surface area contributed by atoms with Crippen LogP contribution in [0.3, 0.4) is 0 Å². The van der Waals surface area contributed by atoms with Crippen LogP contribution in [0.1, 0.15) is 40.3 Å². The van der Waals surface area contributed by atoms with Gasteiger partial charge in [-0.25, -0.2) is 0 Å². The highest BCUT2D eigenvalue weighted by atomic mass is 16.5. The summed E-state index contributed by atoms with van der Waals surface area (Å²) in [7, 11) is 1.58. The van der Waals surface area contributed by atoms with Gasteiger partial charge in [0, 0.05) is 11.3 Å². The van der Waals surface area contributed by atoms with E-state index >= 15 is 0 Å². The molecule has 0 aliphatic carbocycles. The second-order valence-electron chi connectivity index (χ2n) is 9.06. The van der Waals surface area contributed by atoms with E-state index in [4.69, 9.17) is 9.47 Å². The molecule has 5 rings (SSSR count). The number of fused-ring (bicyclic) bond motifs is 1. The lowest BCUT2D eigenvalue weighted by Crippen LogP contribution is -2.29. The lowest BCUT2D eigenvalue weighted by molar-refractivity contribution is -0.132. The van der Waals surface area contributed by atoms with Crippen LogP contribution in [0, 0.1) is 13.8 Å². The number of Topliss-reactive ketones (excluding diaryl/α,β-unsaturated/α-hetero) is 1. The highest BCUT2D eigenvalue weighted by Crippen LogP contribution is 2.43. The summed E-state index contributed by atoms with van der Waals surface area (Å²) in [4.78, 5) is 28.3. The van der Waals surface area contributed by atoms with Gasteiger partial charge in [0.05, 0.1) is 25.3 Å². The van der Waals surface area contributed by atoms with Gasteiger partial charge >= 0.3 is 0 Å². The summed E-state index contributed by atoms with van der Waals surface area (Å²) in [6, 6.07) is 17.6. The van der Waals surface area contributed by atoms with Crippen LogP contribution in [-0.4, -0.2) is 30.5 Å². The third kappa shape index (κ3) is 4.05. The quantitative estimate of drug-likeness (QED) is 0.320. The van der Waals surface area contributed by atoms with E-state index < -0.39 is 17.7 Å². The summed E-state index contributed by atoms with van der Waals surface area (Å²) in [5.41, 5.74) is 4.80. The van der Waals surface area contributed by atoms with Crippen molar-refractivity contribution in [2.75, 3.05) is 18.6 Å². The number of carbonyl (C=O) groups is 2. The first-order valence-electron chi connectivity index (χ1n) is 11.7. The lowest BCUT2D eigenvalue weighted by Gasteiger charge is -2.26. The number of nitrogens with zero attached hydrogens (tertiary/aromatic N) is 1. The van der Waals surface area contributed by atoms with Crippen LogP contribution in [0.25, 0.3) is 5.76 Å². The normalized spacial score (nSPS) is 18.8. The zero-order valence-electron chi connectivity index (χ0n) is 20.0. The standard InChI is InChI=1S/C29H27NO5/c1-17-13-18(2)15-22(14-17)30-26(19-6-9-23(34-3)10-7-19)25(28(32)29(30)33)27(31)21-8-11-24-20(16-21)5-4-12-35-24/h6-11,13-16,26,31H,4-5,12H2,1-3H3/b27-25-. The molecule has 1 saturated heterocycles. The van der Waals surface area contributed by atoms with Gasteiger partial charge in [0.2, 0.25) is 0 Å². The molecule has 0 bridgehead atoms. The van der Waals surface area contributed by atoms with Crippen molar-refractivity contribution in [1.29, 1.82) is 0 Å². The number of methoxy groups -OCH3 is 1. The molecule has 0 saturated carbocycles. The fourth-order valence-corrected chi connectivity index (χ4v) is 4.95. The molecular formula is C29H27NO5. The predicted molar refractivity (Wildman–Crippen MR) is 134 cm³/mol. The first-order valence-corrected chi connectivity index (χ1v) is 11.7. The molecular weight excluding hydrogens is 442 g/mol. The minimum atomic E-state index is -0.783. The zero-order chi connectivity index (χ0) is 24.7. The van der Waals surface area contributed by atoms with Gasteiger partial charge in [-0.1, -0.05) is 18.2 Å². The predicted octanol–water partition coefficient (Wildman–Crippen LogP) is 5.26. The van der Waals surface area contributed by atoms with Crippen molar-refractivity contribution in [3.63, 3.8) is 0 Å². The molecule has 2 aliphatic heterocycles. The van der Waals surface area contributed by atoms with Crippen molar-refractivity contribution in [2.24, 2.45) is 0 Å². The Hall–Kier alpha value is -4.06. The molecule has 0 radical (unpaired) electrons. The number of hydrogen-bond acceptors (Lipinski definition) is 5. The minimum Gasteiger partial charge on any atom is -0.507 e. The topological polar surface area (TPSA) is 76.1 Å². The highest BCUT2D eigenvalue weighted by Gasteiger charge is 2.47. The highest BCUT2D eigenvalue weighted by molar-refractivity contribution is 6.51. The molecule has 6 heteroatoms. The molecule has 35 heavy (non-hydrogen) atoms. The average Bonchev–Trinajstić information content (AvgIpc) is 3.13. The number of ketones is 1. The molecule has 1 amide bonds. The molecule has 3 aromatic carbocycles. The Balaban J connectivity index is 1.70. The Labute approximate surface area is 204 Å². The largest absolute Gasteiger partial charge is 0.507 e. The van der Waals surface area contributed by atoms with Crippen LogP contribution in [0.5, 0.6) is 11.5 Å². The molecule has 3 aromatic rings. The Kier molecular flexibility index (Phi) is 5.81. The van der Waals surface area contributed by atoms with Crippen molar-refractivity contribution in [3.8, 4) is 11.5 Å². The number of anilines is 1. The van der Waals surface area contributed by atoms with Crippen molar-refractivity contribution in [3.05, 3.63) is 94.1 Å². The Morgan fingerprint density at radius 1 is 1.00 bits per heavy atom. The molecule has 2 aliphatic rings. The number of ether oxygens (including phenoxy) is 2. The lowest BCUT2D eigenvalue weighted by atomic mass is 9.93. The fourth-order valence-electron chi connectivity index (χ4n) is 4.95. The molecule has 1 atom stereocenters. The third-order valence-corrected chi connectivity index (χ3v) is 6.54. The van der Waals surface area contributed by atoms with Gasteiger partial charge in [-0.05, 0) is 91.4 Å². The summed E-state index contributed by atoms with van der Waals surface area (Å²) in [5, 5.41) is 11.4. The van der Waals surface area contributed by atoms with Crippen LogP contribution in [-0.2, 0) is 16.0 Å². The number of rotatable bonds is 4. The number of amides is 1. The van der Waals surface area contributed by atoms with Gasteiger partial charge < -0.3 is 14.6 Å². The van der Waals surface area contributed by atoms with Crippen molar-refractivity contribution < 1.29 is 24.2 Å². The molecule has 6 nitrogen and oxygen atoms in total. The summed E-state index contributed by atoms with van der Waals surface area (Å²) < 4.78 is 11.0. The minimum absolute atomic E-state index is 0.0657. The first kappa shape index (κ1) is 22.7. The van der Waals surface area contributed by atoms with E-state index in [1.54, 1.807) is 25.3 Å². The number of carbonyl (C=O) groups excluding carboxylic acids is 2. The second kappa shape index (κ2) is 8.95. The Morgan fingerprint density at radius 3 is 2.40 bits per heavy atom. The molecule has 178 valence electrons. The van der Waals surface area contributed by atoms with E-state index in [1.165, 1.54) is 4.90 Å². The Bertz CT molecular complexity index is 1340. The monoisotopic (exact) mass is 469 g/mol. The van der Waals surface area contributed by atoms with Crippen molar-refractivity contribution in [1.82, 2.24) is 0 Å². The van der Waals surface area contributed by atoms with Gasteiger partial charge in [-0.15, -0.1) is 0 Å². The van der Waals surface area contributed by atoms with Gasteiger partial charge in [-0.3, -0.25) is 14.5 Å². The third-order valence-electron chi connectivity index (χ3n) is 6.54. The van der Waals surface area contributed by atoms with Crippen molar-refractivity contribution in [2.45, 2.75) is 32.7 Å². The maximum Gasteiger partial charge on any atom is 0.300 e. The SMILES string of the molecule is COc1ccc(C2/C(=C(/O)c3ccc4c(c3)CCCO4)C(=O)C(=O)N2c2cc(C)cc(C)c2)cc1. The van der Waals surface area contributed by atoms with Gasteiger partial charge in [0.25, 0.3) is 11.7 Å². The molecule has 1 N–H and O–H groups in total. The van der Waals surface area contributed by atoms with Gasteiger partial charge in [0.15, 0.2) is 0 Å². The molecule has 0 spiro atoms. The summed E-state index contributed by atoms with van der Waals surface area (Å²) in [6.07, 6.45) is 1.72. The number of aliphatic hydroxyl groups is 1. The maximum absolute atomic E-state index is 13.4. The number of aliphatic hydroxyl groups excluding tert-OH is 1. The number of aryl methyl sites for hydroxylation is 3. The van der Waals surface area contributed by atoms with E-state index in [1.807, 2.05) is 56.3 Å². The van der Waals surface area contributed by atoms with Crippen LogP contribution in [0.15, 0.2) is 66.2 Å². The molecule has 2 heterocycles. The van der Waals surface area contributed by atoms with Crippen LogP contribution >= 0.6 is 0 Å². The van der Waals surface area contributed by atoms with Crippen molar-refractivity contribution >= 4 is 23.1 Å². The number of hydrogen-bond donors (Lipinski definition) is 1. The molecule has 0 aromatic heterocycles. The van der Waals surface area contributed by atoms with E-state index in [9.17, 15) is 14.7 Å². The first-order chi connectivity index (χ1) is 16.9. The van der Waals surface area contributed by atoms with Gasteiger partial charge in [-0.2, -0.15) is 0 Å². The maximum atomic E-state index is 13.4. The van der Waals surface area contributed by atoms with E-state index in [0.29, 0.717) is 29.2 Å². The smallest absolute Gasteiger partial charge is 0.300 e. The summed E-state index contributed by atoms with van der Waals surface area (Å²) in [6.45, 7) is 4.56. The molecule has 1 unspecified atom stereocenters. The van der Waals surface area contributed by atoms with Crippen LogP contribution < -0.4 is 14.4 Å². The fraction of sp³-hybridized carbons (Fsp3) is 0.241. The summed E-state index contributed by atoms with van der Waals surface area (Å²) >= 11 is 0. The number of benzene rings is 3. The van der Waals surface area contributed by atoms with E-state index in [2.05, 4.69) is 0 Å².